The number of phenolic OH excluding ortho intramolecular Hbond substituents is 1. The van der Waals surface area contributed by atoms with Crippen LogP contribution in [-0.2, 0) is 23.9 Å². The summed E-state index contributed by atoms with van der Waals surface area (Å²) in [6, 6.07) is 2.78. The van der Waals surface area contributed by atoms with Crippen molar-refractivity contribution >= 4 is 40.8 Å². The molecule has 6 N–H and O–H groups in total. The number of nitrogens with one attached hydrogen (secondary N) is 1. The van der Waals surface area contributed by atoms with Crippen molar-refractivity contribution in [2.75, 3.05) is 5.32 Å². The molecule has 3 aliphatic rings. The molecule has 4 rings (SSSR count). The zero-order valence-corrected chi connectivity index (χ0v) is 20.6. The molecule has 12 heteroatoms. The number of benzene rings is 1. The Bertz CT molecular complexity index is 1260. The normalized spacial score (nSPS) is 33.2. The topological polar surface area (TPSA) is 210 Å². The summed E-state index contributed by atoms with van der Waals surface area (Å²) >= 11 is 0. The Morgan fingerprint density at radius 3 is 2.32 bits per heavy atom. The first-order valence-corrected chi connectivity index (χ1v) is 11.7. The molecule has 7 atom stereocenters. The van der Waals surface area contributed by atoms with Crippen molar-refractivity contribution in [1.29, 1.82) is 0 Å². The van der Waals surface area contributed by atoms with E-state index in [1.165, 1.54) is 12.1 Å². The number of amides is 2. The lowest BCUT2D eigenvalue weighted by Crippen LogP contribution is -2.72. The first-order valence-electron chi connectivity index (χ1n) is 11.7. The highest BCUT2D eigenvalue weighted by molar-refractivity contribution is 6.31. The number of anilines is 1. The maximum Gasteiger partial charge on any atom is 0.412 e. The Balaban J connectivity index is 1.79. The van der Waals surface area contributed by atoms with Crippen LogP contribution in [-0.4, -0.2) is 67.8 Å². The lowest BCUT2D eigenvalue weighted by Gasteiger charge is -2.52. The number of aliphatic hydroxyl groups excluding tert-OH is 1. The third-order valence-electron chi connectivity index (χ3n) is 7.49. The maximum absolute atomic E-state index is 13.6. The number of carbonyl (C=O) groups excluding carboxylic acids is 6. The van der Waals surface area contributed by atoms with Crippen LogP contribution in [0.15, 0.2) is 12.1 Å². The van der Waals surface area contributed by atoms with E-state index < -0.39 is 94.2 Å². The number of rotatable bonds is 2. The number of ketones is 4. The first-order chi connectivity index (χ1) is 17.0. The molecule has 0 radical (unpaired) electrons. The summed E-state index contributed by atoms with van der Waals surface area (Å²) in [7, 11) is 0. The molecule has 0 saturated heterocycles. The lowest BCUT2D eigenvalue weighted by molar-refractivity contribution is -0.189. The second-order valence-corrected chi connectivity index (χ2v) is 10.9. The van der Waals surface area contributed by atoms with E-state index in [0.717, 1.165) is 0 Å². The second-order valence-electron chi connectivity index (χ2n) is 10.9. The molecule has 1 aromatic rings. The van der Waals surface area contributed by atoms with Gasteiger partial charge in [-0.05, 0) is 38.3 Å². The van der Waals surface area contributed by atoms with Crippen molar-refractivity contribution in [3.63, 3.8) is 0 Å². The summed E-state index contributed by atoms with van der Waals surface area (Å²) in [5.41, 5.74) is 1.07. The number of ether oxygens (including phenoxy) is 1. The number of carbonyl (C=O) groups is 6. The Morgan fingerprint density at radius 1 is 1.14 bits per heavy atom. The van der Waals surface area contributed by atoms with E-state index in [1.54, 1.807) is 27.7 Å². The smallest absolute Gasteiger partial charge is 0.412 e. The summed E-state index contributed by atoms with van der Waals surface area (Å²) in [4.78, 5) is 76.7. The quantitative estimate of drug-likeness (QED) is 0.266. The Kier molecular flexibility index (Phi) is 6.04. The molecule has 0 spiro atoms. The van der Waals surface area contributed by atoms with Crippen LogP contribution in [0.4, 0.5) is 10.5 Å². The monoisotopic (exact) mass is 516 g/mol. The fraction of sp³-hybridized carbons (Fsp3) is 0.520. The molecule has 2 unspecified atom stereocenters. The molecule has 2 saturated carbocycles. The molecule has 37 heavy (non-hydrogen) atoms. The third-order valence-corrected chi connectivity index (χ3v) is 7.49. The number of aromatic hydroxyl groups is 1. The van der Waals surface area contributed by atoms with E-state index in [1.807, 2.05) is 0 Å². The van der Waals surface area contributed by atoms with E-state index in [2.05, 4.69) is 5.32 Å². The van der Waals surface area contributed by atoms with E-state index >= 15 is 0 Å². The van der Waals surface area contributed by atoms with Gasteiger partial charge < -0.3 is 25.8 Å². The fourth-order valence-electron chi connectivity index (χ4n) is 5.87. The van der Waals surface area contributed by atoms with Crippen molar-refractivity contribution in [3.05, 3.63) is 23.3 Å². The van der Waals surface area contributed by atoms with Gasteiger partial charge in [0.2, 0.25) is 5.91 Å². The average Bonchev–Trinajstić information content (AvgIpc) is 2.76. The highest BCUT2D eigenvalue weighted by atomic mass is 16.6. The van der Waals surface area contributed by atoms with Gasteiger partial charge in [-0.1, -0.05) is 13.0 Å². The highest BCUT2D eigenvalue weighted by Crippen LogP contribution is 2.54. The van der Waals surface area contributed by atoms with E-state index in [4.69, 9.17) is 10.5 Å². The first kappa shape index (κ1) is 26.4. The van der Waals surface area contributed by atoms with Gasteiger partial charge in [0.1, 0.15) is 11.4 Å². The zero-order valence-electron chi connectivity index (χ0n) is 20.6. The van der Waals surface area contributed by atoms with Gasteiger partial charge in [-0.15, -0.1) is 0 Å². The van der Waals surface area contributed by atoms with Crippen LogP contribution in [0.2, 0.25) is 0 Å². The van der Waals surface area contributed by atoms with Crippen molar-refractivity contribution in [1.82, 2.24) is 0 Å². The van der Waals surface area contributed by atoms with Crippen molar-refractivity contribution < 1.29 is 48.8 Å². The maximum atomic E-state index is 13.6. The number of primary amides is 1. The number of nitrogens with two attached hydrogens (primary N) is 1. The second kappa shape index (κ2) is 8.45. The molecule has 2 fully saturated rings. The molecule has 3 aliphatic carbocycles. The Labute approximate surface area is 211 Å². The number of fused-ring (bicyclic) bond motifs is 3. The molecule has 0 aromatic heterocycles. The van der Waals surface area contributed by atoms with Crippen molar-refractivity contribution in [2.45, 2.75) is 57.3 Å². The van der Waals surface area contributed by atoms with Gasteiger partial charge in [-0.2, -0.15) is 0 Å². The van der Waals surface area contributed by atoms with Gasteiger partial charge in [-0.25, -0.2) is 4.79 Å². The van der Waals surface area contributed by atoms with Crippen LogP contribution in [0.25, 0.3) is 0 Å². The fourth-order valence-corrected chi connectivity index (χ4v) is 5.87. The number of hydrogen-bond donors (Lipinski definition) is 5. The molecular formula is C25H28N2O10. The minimum Gasteiger partial charge on any atom is -0.505 e. The summed E-state index contributed by atoms with van der Waals surface area (Å²) in [6.07, 6.45) is -3.22. The number of phenols is 1. The van der Waals surface area contributed by atoms with Gasteiger partial charge in [0, 0.05) is 18.3 Å². The molecular weight excluding hydrogens is 488 g/mol. The van der Waals surface area contributed by atoms with Crippen LogP contribution in [0.5, 0.6) is 5.75 Å². The lowest BCUT2D eigenvalue weighted by atomic mass is 9.50. The minimum absolute atomic E-state index is 0.180. The van der Waals surface area contributed by atoms with Gasteiger partial charge in [0.15, 0.2) is 34.7 Å². The summed E-state index contributed by atoms with van der Waals surface area (Å²) < 4.78 is 5.16. The van der Waals surface area contributed by atoms with Gasteiger partial charge in [0.25, 0.3) is 0 Å². The SMILES string of the molecule is C[C@H]1c2ccc(NC(=O)OC(C)(C)C)c(O)c2C(=O)C2C(=O)[C@]3(O)C(=O)C(C(N)=O)C(=O)C[C@@H]3[C@@H](O)[C@@H]21. The van der Waals surface area contributed by atoms with Crippen molar-refractivity contribution in [3.8, 4) is 5.75 Å². The summed E-state index contributed by atoms with van der Waals surface area (Å²) in [5, 5.41) is 35.7. The van der Waals surface area contributed by atoms with Crippen LogP contribution in [0.3, 0.4) is 0 Å². The Morgan fingerprint density at radius 2 is 1.76 bits per heavy atom. The van der Waals surface area contributed by atoms with Crippen LogP contribution < -0.4 is 11.1 Å². The third kappa shape index (κ3) is 3.82. The summed E-state index contributed by atoms with van der Waals surface area (Å²) in [5.74, 6) is -14.0. The number of Topliss-reactive ketones (excluding diaryl/α,β-unsaturated/α-hetero) is 4. The van der Waals surface area contributed by atoms with Gasteiger partial charge in [-0.3, -0.25) is 29.3 Å². The minimum atomic E-state index is -3.00. The van der Waals surface area contributed by atoms with E-state index in [0.29, 0.717) is 0 Å². The molecule has 0 aliphatic heterocycles. The molecule has 1 aromatic carbocycles. The predicted molar refractivity (Wildman–Crippen MR) is 124 cm³/mol. The van der Waals surface area contributed by atoms with Crippen LogP contribution in [0, 0.1) is 23.7 Å². The van der Waals surface area contributed by atoms with Crippen LogP contribution in [0.1, 0.15) is 56.0 Å². The van der Waals surface area contributed by atoms with Crippen LogP contribution >= 0.6 is 0 Å². The van der Waals surface area contributed by atoms with E-state index in [-0.39, 0.29) is 16.8 Å². The van der Waals surface area contributed by atoms with Gasteiger partial charge >= 0.3 is 6.09 Å². The largest absolute Gasteiger partial charge is 0.505 e. The number of aliphatic hydroxyl groups is 2. The molecule has 2 amide bonds. The molecule has 198 valence electrons. The van der Waals surface area contributed by atoms with Crippen molar-refractivity contribution in [2.24, 2.45) is 29.4 Å². The van der Waals surface area contributed by atoms with Gasteiger partial charge in [0.05, 0.1) is 23.3 Å². The summed E-state index contributed by atoms with van der Waals surface area (Å²) in [6.45, 7) is 6.48. The zero-order chi connectivity index (χ0) is 27.8. The highest BCUT2D eigenvalue weighted by Gasteiger charge is 2.69. The average molecular weight is 517 g/mol. The standard InChI is InChI=1S/C25H28N2O10/c1-8-9-5-6-11(27-23(35)37-24(2,3)4)18(30)14(9)19(31)16-13(8)17(29)10-7-12(28)15(22(26)34)20(32)25(10,36)21(16)33/h5-6,8,10,13,15-17,29-30,36H,7H2,1-4H3,(H2,26,34)(H,27,35)/t8-,10+,13+,15?,16?,17+,25+/m0/s1. The molecule has 0 bridgehead atoms. The van der Waals surface area contributed by atoms with E-state index in [9.17, 15) is 44.1 Å². The molecule has 12 nitrogen and oxygen atoms in total. The Hall–Kier alpha value is -3.64. The molecule has 0 heterocycles. The number of hydrogen-bond acceptors (Lipinski definition) is 10. The predicted octanol–water partition coefficient (Wildman–Crippen LogP) is 0.206.